The second kappa shape index (κ2) is 3.39. The number of nitrogens with zero attached hydrogens (tertiary/aromatic N) is 1. The number of carboxylic acid groups (broad SMARTS) is 1. The Bertz CT molecular complexity index is 250. The van der Waals surface area contributed by atoms with Gasteiger partial charge in [-0.3, -0.25) is 5.10 Å². The van der Waals surface area contributed by atoms with E-state index in [0.29, 0.717) is 11.4 Å². The van der Waals surface area contributed by atoms with Gasteiger partial charge in [0.05, 0.1) is 5.69 Å². The fourth-order valence-electron chi connectivity index (χ4n) is 0.866. The van der Waals surface area contributed by atoms with E-state index in [1.807, 2.05) is 0 Å². The topological polar surface area (TPSA) is 66.0 Å². The summed E-state index contributed by atoms with van der Waals surface area (Å²) >= 11 is 0. The van der Waals surface area contributed by atoms with E-state index in [4.69, 9.17) is 5.11 Å². The fourth-order valence-corrected chi connectivity index (χ4v) is 0.866. The monoisotopic (exact) mass is 176 g/mol. The summed E-state index contributed by atoms with van der Waals surface area (Å²) in [6, 6.07) is 0. The summed E-state index contributed by atoms with van der Waals surface area (Å²) in [5.41, 5.74) is 1.41. The molecule has 4 nitrogen and oxygen atoms in total. The molecule has 0 saturated heterocycles. The number of aromatic carboxylic acids is 1. The number of halogens is 1. The second-order valence-corrected chi connectivity index (χ2v) is 2.11. The third-order valence-electron chi connectivity index (χ3n) is 1.34. The van der Waals surface area contributed by atoms with Gasteiger partial charge in [0, 0.05) is 5.69 Å². The van der Waals surface area contributed by atoms with Gasteiger partial charge in [-0.15, -0.1) is 12.4 Å². The number of carbonyl (C=O) groups is 1. The molecule has 0 radical (unpaired) electrons. The van der Waals surface area contributed by atoms with E-state index in [-0.39, 0.29) is 18.0 Å². The lowest BCUT2D eigenvalue weighted by Gasteiger charge is -1.89. The van der Waals surface area contributed by atoms with Crippen molar-refractivity contribution in [2.45, 2.75) is 13.8 Å². The van der Waals surface area contributed by atoms with Gasteiger partial charge in [-0.1, -0.05) is 0 Å². The molecule has 0 fully saturated rings. The van der Waals surface area contributed by atoms with Crippen LogP contribution in [-0.2, 0) is 0 Å². The molecule has 1 heterocycles. The van der Waals surface area contributed by atoms with Crippen LogP contribution in [0.3, 0.4) is 0 Å². The van der Waals surface area contributed by atoms with Gasteiger partial charge in [0.1, 0.15) is 5.56 Å². The summed E-state index contributed by atoms with van der Waals surface area (Å²) in [5, 5.41) is 14.9. The minimum atomic E-state index is -0.927. The van der Waals surface area contributed by atoms with Crippen molar-refractivity contribution < 1.29 is 9.90 Å². The summed E-state index contributed by atoms with van der Waals surface area (Å²) in [6.07, 6.45) is 0. The van der Waals surface area contributed by atoms with Crippen LogP contribution < -0.4 is 0 Å². The maximum atomic E-state index is 10.4. The SMILES string of the molecule is Cc1n[nH]c(C)c1C(=O)O.Cl. The number of carboxylic acids is 1. The van der Waals surface area contributed by atoms with E-state index in [2.05, 4.69) is 10.2 Å². The van der Waals surface area contributed by atoms with Crippen LogP contribution in [0, 0.1) is 13.8 Å². The maximum Gasteiger partial charge on any atom is 0.339 e. The van der Waals surface area contributed by atoms with Crippen molar-refractivity contribution in [1.82, 2.24) is 10.2 Å². The van der Waals surface area contributed by atoms with Gasteiger partial charge in [0.2, 0.25) is 0 Å². The first-order valence-electron chi connectivity index (χ1n) is 2.87. The van der Waals surface area contributed by atoms with Crippen LogP contribution in [0.1, 0.15) is 21.7 Å². The van der Waals surface area contributed by atoms with E-state index in [1.54, 1.807) is 13.8 Å². The Labute approximate surface area is 70.0 Å². The highest BCUT2D eigenvalue weighted by atomic mass is 35.5. The van der Waals surface area contributed by atoms with Crippen LogP contribution in [-0.4, -0.2) is 21.3 Å². The summed E-state index contributed by atoms with van der Waals surface area (Å²) in [7, 11) is 0. The first-order valence-corrected chi connectivity index (χ1v) is 2.87. The second-order valence-electron chi connectivity index (χ2n) is 2.11. The van der Waals surface area contributed by atoms with Crippen LogP contribution in [0.2, 0.25) is 0 Å². The Morgan fingerprint density at radius 2 is 2.09 bits per heavy atom. The van der Waals surface area contributed by atoms with Crippen LogP contribution in [0.4, 0.5) is 0 Å². The van der Waals surface area contributed by atoms with Crippen LogP contribution in [0.5, 0.6) is 0 Å². The zero-order valence-corrected chi connectivity index (χ0v) is 7.03. The number of rotatable bonds is 1. The molecule has 1 aromatic heterocycles. The number of aryl methyl sites for hydroxylation is 2. The van der Waals surface area contributed by atoms with Crippen molar-refractivity contribution in [3.8, 4) is 0 Å². The molecule has 1 rings (SSSR count). The molecule has 0 aromatic carbocycles. The Balaban J connectivity index is 0.000001000. The molecule has 2 N–H and O–H groups in total. The molecule has 0 atom stereocenters. The van der Waals surface area contributed by atoms with Crippen LogP contribution >= 0.6 is 12.4 Å². The fraction of sp³-hybridized carbons (Fsp3) is 0.333. The van der Waals surface area contributed by atoms with Gasteiger partial charge in [-0.25, -0.2) is 4.79 Å². The number of nitrogens with one attached hydrogen (secondary N) is 1. The van der Waals surface area contributed by atoms with Crippen molar-refractivity contribution in [1.29, 1.82) is 0 Å². The molecular formula is C6H9ClN2O2. The van der Waals surface area contributed by atoms with Gasteiger partial charge in [0.15, 0.2) is 0 Å². The molecule has 0 amide bonds. The lowest BCUT2D eigenvalue weighted by Crippen LogP contribution is -1.98. The molecule has 11 heavy (non-hydrogen) atoms. The van der Waals surface area contributed by atoms with Crippen molar-refractivity contribution in [2.75, 3.05) is 0 Å². The first kappa shape index (κ1) is 9.97. The van der Waals surface area contributed by atoms with Crippen molar-refractivity contribution in [2.24, 2.45) is 0 Å². The quantitative estimate of drug-likeness (QED) is 0.675. The third kappa shape index (κ3) is 1.71. The van der Waals surface area contributed by atoms with Crippen molar-refractivity contribution in [3.63, 3.8) is 0 Å². The zero-order chi connectivity index (χ0) is 7.72. The molecule has 0 spiro atoms. The van der Waals surface area contributed by atoms with Gasteiger partial charge >= 0.3 is 5.97 Å². The molecule has 0 aliphatic heterocycles. The molecule has 0 unspecified atom stereocenters. The summed E-state index contributed by atoms with van der Waals surface area (Å²) in [4.78, 5) is 10.4. The molecule has 0 bridgehead atoms. The minimum Gasteiger partial charge on any atom is -0.478 e. The molecule has 1 aromatic rings. The standard InChI is InChI=1S/C6H8N2O2.ClH/c1-3-5(6(9)10)4(2)8-7-3;/h1-2H3,(H,7,8)(H,9,10);1H. The van der Waals surface area contributed by atoms with Crippen LogP contribution in [0.15, 0.2) is 0 Å². The predicted octanol–water partition coefficient (Wildman–Crippen LogP) is 1.15. The first-order chi connectivity index (χ1) is 4.63. The van der Waals surface area contributed by atoms with Gasteiger partial charge in [-0.05, 0) is 13.8 Å². The summed E-state index contributed by atoms with van der Waals surface area (Å²) in [6.45, 7) is 3.34. The van der Waals surface area contributed by atoms with E-state index < -0.39 is 5.97 Å². The average molecular weight is 177 g/mol. The van der Waals surface area contributed by atoms with E-state index >= 15 is 0 Å². The van der Waals surface area contributed by atoms with Crippen LogP contribution in [0.25, 0.3) is 0 Å². The van der Waals surface area contributed by atoms with Gasteiger partial charge < -0.3 is 5.11 Å². The highest BCUT2D eigenvalue weighted by Gasteiger charge is 2.12. The number of hydrogen-bond donors (Lipinski definition) is 2. The smallest absolute Gasteiger partial charge is 0.339 e. The third-order valence-corrected chi connectivity index (χ3v) is 1.34. The predicted molar refractivity (Wildman–Crippen MR) is 42.3 cm³/mol. The number of aromatic nitrogens is 2. The summed E-state index contributed by atoms with van der Waals surface area (Å²) in [5.74, 6) is -0.927. The highest BCUT2D eigenvalue weighted by molar-refractivity contribution is 5.89. The summed E-state index contributed by atoms with van der Waals surface area (Å²) < 4.78 is 0. The Hall–Kier alpha value is -1.03. The van der Waals surface area contributed by atoms with Crippen molar-refractivity contribution >= 4 is 18.4 Å². The largest absolute Gasteiger partial charge is 0.478 e. The molecule has 0 aliphatic carbocycles. The lowest BCUT2D eigenvalue weighted by atomic mass is 10.2. The molecular weight excluding hydrogens is 168 g/mol. The van der Waals surface area contributed by atoms with E-state index in [9.17, 15) is 4.79 Å². The molecule has 62 valence electrons. The van der Waals surface area contributed by atoms with Crippen molar-refractivity contribution in [3.05, 3.63) is 17.0 Å². The van der Waals surface area contributed by atoms with E-state index in [0.717, 1.165) is 0 Å². The molecule has 0 saturated carbocycles. The van der Waals surface area contributed by atoms with Gasteiger partial charge in [-0.2, -0.15) is 5.10 Å². The van der Waals surface area contributed by atoms with E-state index in [1.165, 1.54) is 0 Å². The number of H-pyrrole nitrogens is 1. The Kier molecular flexibility index (Phi) is 3.07. The normalized spacial score (nSPS) is 8.91. The lowest BCUT2D eigenvalue weighted by molar-refractivity contribution is 0.0695. The zero-order valence-electron chi connectivity index (χ0n) is 6.21. The molecule has 0 aliphatic rings. The molecule has 5 heteroatoms. The Morgan fingerprint density at radius 1 is 1.55 bits per heavy atom. The average Bonchev–Trinajstić information content (AvgIpc) is 2.11. The maximum absolute atomic E-state index is 10.4. The number of hydrogen-bond acceptors (Lipinski definition) is 2. The number of aromatic amines is 1. The highest BCUT2D eigenvalue weighted by Crippen LogP contribution is 2.07. The minimum absolute atomic E-state index is 0. The van der Waals surface area contributed by atoms with Gasteiger partial charge in [0.25, 0.3) is 0 Å². The Morgan fingerprint density at radius 3 is 2.27 bits per heavy atom.